The lowest BCUT2D eigenvalue weighted by Gasteiger charge is -1.99. The zero-order chi connectivity index (χ0) is 9.84. The molecule has 0 saturated carbocycles. The number of hydrogen-bond acceptors (Lipinski definition) is 2. The number of phenols is 2. The molecule has 2 heteroatoms. The smallest absolute Gasteiger partial charge is 0.157 e. The maximum Gasteiger partial charge on any atom is 0.157 e. The SMILES string of the molecule is CC(C)/C=C/c1ccc(O)c(O)c1. The number of phenolic OH excluding ortho intramolecular Hbond substituents is 2. The molecular formula is C11H14O2. The van der Waals surface area contributed by atoms with Crippen LogP contribution >= 0.6 is 0 Å². The Morgan fingerprint density at radius 2 is 1.85 bits per heavy atom. The van der Waals surface area contributed by atoms with E-state index in [4.69, 9.17) is 5.11 Å². The minimum absolute atomic E-state index is 0.0779. The molecule has 2 N–H and O–H groups in total. The molecule has 0 atom stereocenters. The number of rotatable bonds is 2. The van der Waals surface area contributed by atoms with Gasteiger partial charge in [-0.3, -0.25) is 0 Å². The van der Waals surface area contributed by atoms with Gasteiger partial charge < -0.3 is 10.2 Å². The Labute approximate surface area is 78.2 Å². The average molecular weight is 178 g/mol. The van der Waals surface area contributed by atoms with Gasteiger partial charge in [-0.25, -0.2) is 0 Å². The summed E-state index contributed by atoms with van der Waals surface area (Å²) in [6, 6.07) is 4.78. The van der Waals surface area contributed by atoms with Crippen LogP contribution in [0.15, 0.2) is 24.3 Å². The molecule has 0 fully saturated rings. The maximum atomic E-state index is 9.18. The molecule has 1 aromatic carbocycles. The van der Waals surface area contributed by atoms with E-state index >= 15 is 0 Å². The fourth-order valence-electron chi connectivity index (χ4n) is 0.948. The molecule has 0 aliphatic carbocycles. The highest BCUT2D eigenvalue weighted by atomic mass is 16.3. The second-order valence-electron chi connectivity index (χ2n) is 3.35. The first kappa shape index (κ1) is 9.65. The summed E-state index contributed by atoms with van der Waals surface area (Å²) in [7, 11) is 0. The quantitative estimate of drug-likeness (QED) is 0.683. The monoisotopic (exact) mass is 178 g/mol. The van der Waals surface area contributed by atoms with E-state index in [0.29, 0.717) is 5.92 Å². The van der Waals surface area contributed by atoms with E-state index in [1.165, 1.54) is 12.1 Å². The van der Waals surface area contributed by atoms with E-state index in [2.05, 4.69) is 13.8 Å². The maximum absolute atomic E-state index is 9.18. The number of hydrogen-bond donors (Lipinski definition) is 2. The van der Waals surface area contributed by atoms with Gasteiger partial charge in [0.2, 0.25) is 0 Å². The van der Waals surface area contributed by atoms with Gasteiger partial charge in [-0.2, -0.15) is 0 Å². The molecule has 0 bridgehead atoms. The lowest BCUT2D eigenvalue weighted by Crippen LogP contribution is -1.78. The summed E-state index contributed by atoms with van der Waals surface area (Å²) in [6.07, 6.45) is 3.95. The van der Waals surface area contributed by atoms with Gasteiger partial charge in [0.25, 0.3) is 0 Å². The Morgan fingerprint density at radius 1 is 1.15 bits per heavy atom. The first-order chi connectivity index (χ1) is 6.09. The van der Waals surface area contributed by atoms with Crippen molar-refractivity contribution in [2.24, 2.45) is 5.92 Å². The van der Waals surface area contributed by atoms with E-state index < -0.39 is 0 Å². The van der Waals surface area contributed by atoms with Gasteiger partial charge in [0.15, 0.2) is 11.5 Å². The molecule has 0 heterocycles. The van der Waals surface area contributed by atoms with E-state index in [9.17, 15) is 5.11 Å². The van der Waals surface area contributed by atoms with Crippen molar-refractivity contribution in [2.75, 3.05) is 0 Å². The van der Waals surface area contributed by atoms with Crippen LogP contribution in [0.25, 0.3) is 6.08 Å². The van der Waals surface area contributed by atoms with Crippen LogP contribution in [0.5, 0.6) is 11.5 Å². The van der Waals surface area contributed by atoms with Gasteiger partial charge in [0, 0.05) is 0 Å². The summed E-state index contributed by atoms with van der Waals surface area (Å²) in [5.41, 5.74) is 0.893. The summed E-state index contributed by atoms with van der Waals surface area (Å²) in [4.78, 5) is 0. The average Bonchev–Trinajstić information content (AvgIpc) is 2.07. The van der Waals surface area contributed by atoms with Crippen LogP contribution in [0.3, 0.4) is 0 Å². The molecule has 0 spiro atoms. The van der Waals surface area contributed by atoms with Crippen molar-refractivity contribution in [1.82, 2.24) is 0 Å². The lowest BCUT2D eigenvalue weighted by molar-refractivity contribution is 0.403. The Bertz CT molecular complexity index is 314. The highest BCUT2D eigenvalue weighted by Crippen LogP contribution is 2.25. The molecule has 0 aliphatic rings. The molecule has 0 aliphatic heterocycles. The summed E-state index contributed by atoms with van der Waals surface area (Å²) in [6.45, 7) is 4.16. The molecule has 70 valence electrons. The fourth-order valence-corrected chi connectivity index (χ4v) is 0.948. The summed E-state index contributed by atoms with van der Waals surface area (Å²) in [5, 5.41) is 18.2. The molecule has 1 aromatic rings. The molecule has 0 saturated heterocycles. The third-order valence-electron chi connectivity index (χ3n) is 1.67. The minimum atomic E-state index is -0.0818. The molecular weight excluding hydrogens is 164 g/mol. The van der Waals surface area contributed by atoms with E-state index in [1.54, 1.807) is 6.07 Å². The lowest BCUT2D eigenvalue weighted by atomic mass is 10.1. The van der Waals surface area contributed by atoms with Crippen LogP contribution < -0.4 is 0 Å². The normalized spacial score (nSPS) is 11.3. The van der Waals surface area contributed by atoms with E-state index in [-0.39, 0.29) is 11.5 Å². The Hall–Kier alpha value is -1.44. The van der Waals surface area contributed by atoms with Crippen LogP contribution in [0.4, 0.5) is 0 Å². The van der Waals surface area contributed by atoms with Crippen molar-refractivity contribution >= 4 is 6.08 Å². The van der Waals surface area contributed by atoms with Crippen molar-refractivity contribution in [3.63, 3.8) is 0 Å². The molecule has 0 unspecified atom stereocenters. The number of aromatic hydroxyl groups is 2. The van der Waals surface area contributed by atoms with Gasteiger partial charge in [-0.15, -0.1) is 0 Å². The van der Waals surface area contributed by atoms with Crippen LogP contribution in [0.2, 0.25) is 0 Å². The fraction of sp³-hybridized carbons (Fsp3) is 0.273. The third kappa shape index (κ3) is 2.82. The van der Waals surface area contributed by atoms with E-state index in [0.717, 1.165) is 5.56 Å². The van der Waals surface area contributed by atoms with Crippen LogP contribution in [0, 0.1) is 5.92 Å². The van der Waals surface area contributed by atoms with Crippen LogP contribution in [-0.2, 0) is 0 Å². The highest BCUT2D eigenvalue weighted by Gasteiger charge is 1.97. The van der Waals surface area contributed by atoms with Gasteiger partial charge in [0.05, 0.1) is 0 Å². The largest absolute Gasteiger partial charge is 0.504 e. The Kier molecular flexibility index (Phi) is 2.96. The standard InChI is InChI=1S/C11H14O2/c1-8(2)3-4-9-5-6-10(12)11(13)7-9/h3-8,12-13H,1-2H3/b4-3+. The Morgan fingerprint density at radius 3 is 2.38 bits per heavy atom. The van der Waals surface area contributed by atoms with Gasteiger partial charge in [-0.1, -0.05) is 32.1 Å². The molecule has 13 heavy (non-hydrogen) atoms. The molecule has 2 nitrogen and oxygen atoms in total. The third-order valence-corrected chi connectivity index (χ3v) is 1.67. The number of allylic oxidation sites excluding steroid dienone is 1. The topological polar surface area (TPSA) is 40.5 Å². The van der Waals surface area contributed by atoms with E-state index in [1.807, 2.05) is 12.2 Å². The summed E-state index contributed by atoms with van der Waals surface area (Å²) in [5.74, 6) is 0.323. The minimum Gasteiger partial charge on any atom is -0.504 e. The molecule has 0 aromatic heterocycles. The van der Waals surface area contributed by atoms with Crippen LogP contribution in [0.1, 0.15) is 19.4 Å². The first-order valence-electron chi connectivity index (χ1n) is 4.30. The molecule has 1 rings (SSSR count). The second kappa shape index (κ2) is 3.99. The Balaban J connectivity index is 2.85. The summed E-state index contributed by atoms with van der Waals surface area (Å²) < 4.78 is 0. The second-order valence-corrected chi connectivity index (χ2v) is 3.35. The van der Waals surface area contributed by atoms with Crippen molar-refractivity contribution in [2.45, 2.75) is 13.8 Å². The zero-order valence-electron chi connectivity index (χ0n) is 7.86. The van der Waals surface area contributed by atoms with Crippen molar-refractivity contribution < 1.29 is 10.2 Å². The van der Waals surface area contributed by atoms with Gasteiger partial charge >= 0.3 is 0 Å². The van der Waals surface area contributed by atoms with Crippen molar-refractivity contribution in [1.29, 1.82) is 0 Å². The van der Waals surface area contributed by atoms with Crippen LogP contribution in [-0.4, -0.2) is 10.2 Å². The van der Waals surface area contributed by atoms with Gasteiger partial charge in [-0.05, 0) is 23.6 Å². The van der Waals surface area contributed by atoms with Crippen molar-refractivity contribution in [3.8, 4) is 11.5 Å². The first-order valence-corrected chi connectivity index (χ1v) is 4.30. The summed E-state index contributed by atoms with van der Waals surface area (Å²) >= 11 is 0. The highest BCUT2D eigenvalue weighted by molar-refractivity contribution is 5.55. The van der Waals surface area contributed by atoms with Crippen molar-refractivity contribution in [3.05, 3.63) is 29.8 Å². The zero-order valence-corrected chi connectivity index (χ0v) is 7.86. The predicted octanol–water partition coefficient (Wildman–Crippen LogP) is 2.77. The molecule has 0 radical (unpaired) electrons. The predicted molar refractivity (Wildman–Crippen MR) is 53.6 cm³/mol. The molecule has 0 amide bonds. The number of benzene rings is 1. The van der Waals surface area contributed by atoms with Gasteiger partial charge in [0.1, 0.15) is 0 Å².